The molecule has 12 rings (SSSR count). The van der Waals surface area contributed by atoms with E-state index in [1.54, 1.807) is 11.8 Å². The molecule has 0 saturated carbocycles. The van der Waals surface area contributed by atoms with Gasteiger partial charge in [0.05, 0.1) is 5.41 Å². The van der Waals surface area contributed by atoms with Crippen molar-refractivity contribution in [2.45, 2.75) is 36.0 Å². The highest BCUT2D eigenvalue weighted by atomic mass is 32.2. The third-order valence-corrected chi connectivity index (χ3v) is 12.7. The summed E-state index contributed by atoms with van der Waals surface area (Å²) in [5.74, 6) is 2.16. The van der Waals surface area contributed by atoms with Crippen LogP contribution in [0.1, 0.15) is 41.9 Å². The fraction of sp³-hybridized carbons (Fsp3) is 0.0656. The van der Waals surface area contributed by atoms with Gasteiger partial charge in [-0.3, -0.25) is 0 Å². The second-order valence-electron chi connectivity index (χ2n) is 15.5. The van der Waals surface area contributed by atoms with Crippen LogP contribution in [-0.2, 0) is 5.41 Å². The normalized spacial score (nSPS) is 11.8. The summed E-state index contributed by atoms with van der Waals surface area (Å²) in [6, 6.07) is 85.4. The summed E-state index contributed by atoms with van der Waals surface area (Å²) in [5.41, 5.74) is 15.3. The van der Waals surface area contributed by atoms with Crippen molar-refractivity contribution < 1.29 is 0 Å². The third kappa shape index (κ3) is 8.69. The Labute approximate surface area is 387 Å². The SMILES string of the molecule is CC.Cc1nc(-c2ccccc2)nc(-c2ccccc2)n1.c1ccc(-c2ccc3c(c2)-c2ccccc2C32c3ccccc3-c3ccccc32)cc1.c1ccc(Sc2ccccc2)cc1. The molecule has 2 aliphatic rings. The van der Waals surface area contributed by atoms with Gasteiger partial charge in [0.2, 0.25) is 0 Å². The Morgan fingerprint density at radius 3 is 1.08 bits per heavy atom. The van der Waals surface area contributed by atoms with Crippen molar-refractivity contribution in [2.75, 3.05) is 0 Å². The van der Waals surface area contributed by atoms with E-state index in [4.69, 9.17) is 0 Å². The van der Waals surface area contributed by atoms with Crippen molar-refractivity contribution in [3.63, 3.8) is 0 Å². The van der Waals surface area contributed by atoms with Crippen LogP contribution in [0.25, 0.3) is 56.2 Å². The highest BCUT2D eigenvalue weighted by molar-refractivity contribution is 7.99. The summed E-state index contributed by atoms with van der Waals surface area (Å²) in [4.78, 5) is 15.9. The summed E-state index contributed by atoms with van der Waals surface area (Å²) in [6.07, 6.45) is 0. The largest absolute Gasteiger partial charge is 0.213 e. The predicted octanol–water partition coefficient (Wildman–Crippen LogP) is 16.1. The van der Waals surface area contributed by atoms with Crippen molar-refractivity contribution in [3.8, 4) is 56.2 Å². The molecule has 0 amide bonds. The molecule has 0 bridgehead atoms. The van der Waals surface area contributed by atoms with E-state index in [1.807, 2.05) is 93.6 Å². The van der Waals surface area contributed by atoms with Gasteiger partial charge in [0.15, 0.2) is 11.6 Å². The lowest BCUT2D eigenvalue weighted by Crippen LogP contribution is -2.25. The molecule has 1 heterocycles. The number of benzene rings is 9. The van der Waals surface area contributed by atoms with Crippen molar-refractivity contribution in [3.05, 3.63) is 271 Å². The van der Waals surface area contributed by atoms with Crippen LogP contribution in [0.15, 0.2) is 252 Å². The molecule has 1 aromatic heterocycles. The summed E-state index contributed by atoms with van der Waals surface area (Å²) in [5, 5.41) is 0. The molecule has 0 aliphatic heterocycles. The van der Waals surface area contributed by atoms with Gasteiger partial charge in [0.1, 0.15) is 5.82 Å². The fourth-order valence-corrected chi connectivity index (χ4v) is 9.80. The van der Waals surface area contributed by atoms with Gasteiger partial charge in [-0.05, 0) is 92.9 Å². The van der Waals surface area contributed by atoms with Crippen LogP contribution in [0.2, 0.25) is 0 Å². The number of aromatic nitrogens is 3. The second kappa shape index (κ2) is 19.8. The first kappa shape index (κ1) is 42.6. The molecular weight excluding hydrogens is 807 g/mol. The van der Waals surface area contributed by atoms with E-state index in [0.717, 1.165) is 17.0 Å². The Morgan fingerprint density at radius 2 is 0.646 bits per heavy atom. The lowest BCUT2D eigenvalue weighted by Gasteiger charge is -2.30. The fourth-order valence-electron chi connectivity index (χ4n) is 8.94. The molecule has 3 nitrogen and oxygen atoms in total. The van der Waals surface area contributed by atoms with Crippen LogP contribution in [-0.4, -0.2) is 15.0 Å². The van der Waals surface area contributed by atoms with Crippen molar-refractivity contribution in [2.24, 2.45) is 0 Å². The Balaban J connectivity index is 0.000000134. The Kier molecular flexibility index (Phi) is 13.0. The zero-order valence-electron chi connectivity index (χ0n) is 36.8. The van der Waals surface area contributed by atoms with Gasteiger partial charge in [0.25, 0.3) is 0 Å². The zero-order valence-corrected chi connectivity index (χ0v) is 37.7. The molecule has 0 fully saturated rings. The maximum Gasteiger partial charge on any atom is 0.163 e. The lowest BCUT2D eigenvalue weighted by atomic mass is 9.70. The molecule has 9 aromatic carbocycles. The smallest absolute Gasteiger partial charge is 0.163 e. The number of hydrogen-bond donors (Lipinski definition) is 0. The van der Waals surface area contributed by atoms with Gasteiger partial charge < -0.3 is 0 Å². The van der Waals surface area contributed by atoms with Crippen molar-refractivity contribution >= 4 is 11.8 Å². The van der Waals surface area contributed by atoms with Crippen LogP contribution >= 0.6 is 11.8 Å². The molecule has 2 aliphatic carbocycles. The molecule has 1 spiro atoms. The van der Waals surface area contributed by atoms with E-state index in [9.17, 15) is 0 Å². The van der Waals surface area contributed by atoms with Gasteiger partial charge >= 0.3 is 0 Å². The topological polar surface area (TPSA) is 38.7 Å². The molecule has 314 valence electrons. The molecule has 0 atom stereocenters. The first-order valence-corrected chi connectivity index (χ1v) is 23.1. The van der Waals surface area contributed by atoms with E-state index in [1.165, 1.54) is 65.4 Å². The number of aryl methyl sites for hydroxylation is 1. The van der Waals surface area contributed by atoms with Crippen LogP contribution in [0.3, 0.4) is 0 Å². The molecule has 0 radical (unpaired) electrons. The molecule has 0 saturated heterocycles. The number of rotatable bonds is 5. The highest BCUT2D eigenvalue weighted by Gasteiger charge is 2.51. The number of hydrogen-bond acceptors (Lipinski definition) is 4. The Bertz CT molecular complexity index is 3000. The minimum absolute atomic E-state index is 0.242. The molecule has 10 aromatic rings. The molecule has 65 heavy (non-hydrogen) atoms. The molecule has 0 N–H and O–H groups in total. The van der Waals surface area contributed by atoms with E-state index >= 15 is 0 Å². The van der Waals surface area contributed by atoms with E-state index < -0.39 is 0 Å². The standard InChI is InChI=1S/C31H20.C16H13N3.C12H10S.C2H6/c1-2-10-21(11-3-1)22-18-19-30-26(20-22)25-14-6-9-17-29(25)31(30)27-15-7-4-12-23(27)24-13-5-8-16-28(24)31;1-12-17-15(13-8-4-2-5-9-13)19-16(18-12)14-10-6-3-7-11-14;1-3-7-11(8-4-1)13-12-9-5-2-6-10-12;1-2/h1-20H;2-11H,1H3;1-10H;1-2H3. The van der Waals surface area contributed by atoms with E-state index in [0.29, 0.717) is 11.6 Å². The lowest BCUT2D eigenvalue weighted by molar-refractivity contribution is 0.794. The van der Waals surface area contributed by atoms with Crippen LogP contribution in [0.5, 0.6) is 0 Å². The molecular formula is C61H49N3S. The minimum Gasteiger partial charge on any atom is -0.213 e. The van der Waals surface area contributed by atoms with Crippen LogP contribution in [0.4, 0.5) is 0 Å². The maximum absolute atomic E-state index is 4.55. The van der Waals surface area contributed by atoms with Crippen molar-refractivity contribution in [1.82, 2.24) is 15.0 Å². The van der Waals surface area contributed by atoms with Crippen LogP contribution in [0, 0.1) is 6.92 Å². The van der Waals surface area contributed by atoms with Crippen LogP contribution < -0.4 is 0 Å². The summed E-state index contributed by atoms with van der Waals surface area (Å²) in [7, 11) is 0. The van der Waals surface area contributed by atoms with Gasteiger partial charge in [-0.25, -0.2) is 15.0 Å². The first-order valence-electron chi connectivity index (χ1n) is 22.3. The highest BCUT2D eigenvalue weighted by Crippen LogP contribution is 2.62. The minimum atomic E-state index is -0.242. The Morgan fingerprint density at radius 1 is 0.308 bits per heavy atom. The summed E-state index contributed by atoms with van der Waals surface area (Å²) >= 11 is 1.79. The Hall–Kier alpha value is -7.66. The monoisotopic (exact) mass is 855 g/mol. The number of nitrogens with zero attached hydrogens (tertiary/aromatic N) is 3. The maximum atomic E-state index is 4.55. The summed E-state index contributed by atoms with van der Waals surface area (Å²) in [6.45, 7) is 5.89. The molecule has 4 heteroatoms. The van der Waals surface area contributed by atoms with Gasteiger partial charge in [-0.2, -0.15) is 0 Å². The summed E-state index contributed by atoms with van der Waals surface area (Å²) < 4.78 is 0. The zero-order chi connectivity index (χ0) is 44.4. The first-order chi connectivity index (χ1) is 32.2. The molecule has 0 unspecified atom stereocenters. The van der Waals surface area contributed by atoms with Gasteiger partial charge in [-0.1, -0.05) is 238 Å². The predicted molar refractivity (Wildman–Crippen MR) is 272 cm³/mol. The second-order valence-corrected chi connectivity index (χ2v) is 16.7. The third-order valence-electron chi connectivity index (χ3n) is 11.6. The average molecular weight is 856 g/mol. The van der Waals surface area contributed by atoms with Gasteiger partial charge in [-0.15, -0.1) is 0 Å². The average Bonchev–Trinajstić information content (AvgIpc) is 3.86. The van der Waals surface area contributed by atoms with E-state index in [-0.39, 0.29) is 5.41 Å². The van der Waals surface area contributed by atoms with E-state index in [2.05, 4.69) is 185 Å². The van der Waals surface area contributed by atoms with Gasteiger partial charge in [0, 0.05) is 20.9 Å². The number of fused-ring (bicyclic) bond motifs is 10. The van der Waals surface area contributed by atoms with Crippen molar-refractivity contribution in [1.29, 1.82) is 0 Å². The quantitative estimate of drug-likeness (QED) is 0.173.